The lowest BCUT2D eigenvalue weighted by molar-refractivity contribution is 0.557. The van der Waals surface area contributed by atoms with Crippen LogP contribution in [0.2, 0.25) is 0 Å². The largest absolute Gasteiger partial charge is 0.0876 e. The molecule has 0 aromatic carbocycles. The van der Waals surface area contributed by atoms with Gasteiger partial charge in [0.1, 0.15) is 0 Å². The molecule has 0 atom stereocenters. The summed E-state index contributed by atoms with van der Waals surface area (Å²) in [6, 6.07) is 0. The van der Waals surface area contributed by atoms with Crippen molar-refractivity contribution in [1.29, 1.82) is 0 Å². The summed E-state index contributed by atoms with van der Waals surface area (Å²) in [7, 11) is 0. The quantitative estimate of drug-likeness (QED) is 0.141. The molecule has 0 fully saturated rings. The van der Waals surface area contributed by atoms with Crippen LogP contribution in [0.4, 0.5) is 0 Å². The van der Waals surface area contributed by atoms with E-state index in [2.05, 4.69) is 44.6 Å². The van der Waals surface area contributed by atoms with E-state index in [9.17, 15) is 0 Å². The molecule has 0 aliphatic rings. The van der Waals surface area contributed by atoms with E-state index in [-0.39, 0.29) is 0 Å². The molecule has 2 radical (unpaired) electrons. The first kappa shape index (κ1) is 28.5. The van der Waals surface area contributed by atoms with Crippen molar-refractivity contribution in [3.8, 4) is 0 Å². The molecule has 0 aliphatic heterocycles. The first-order chi connectivity index (χ1) is 14.4. The van der Waals surface area contributed by atoms with Gasteiger partial charge in [-0.3, -0.25) is 0 Å². The van der Waals surface area contributed by atoms with Crippen molar-refractivity contribution in [1.82, 2.24) is 0 Å². The average molecular weight is 403 g/mol. The Kier molecular flexibility index (Phi) is 27.0. The second-order valence-electron chi connectivity index (χ2n) is 8.91. The molecule has 0 saturated heterocycles. The van der Waals surface area contributed by atoms with Crippen molar-refractivity contribution in [2.24, 2.45) is 0 Å². The third kappa shape index (κ3) is 27.5. The van der Waals surface area contributed by atoms with Gasteiger partial charge >= 0.3 is 0 Å². The van der Waals surface area contributed by atoms with Crippen LogP contribution in [0.1, 0.15) is 155 Å². The normalized spacial score (nSPS) is 11.9. The second kappa shape index (κ2) is 27.5. The van der Waals surface area contributed by atoms with Crippen molar-refractivity contribution < 1.29 is 0 Å². The van der Waals surface area contributed by atoms with Crippen molar-refractivity contribution in [3.05, 3.63) is 30.7 Å². The molecular formula is C29H54. The summed E-state index contributed by atoms with van der Waals surface area (Å²) in [4.78, 5) is 0. The zero-order valence-electron chi connectivity index (χ0n) is 20.4. The van der Waals surface area contributed by atoms with Gasteiger partial charge in [0, 0.05) is 6.42 Å². The van der Waals surface area contributed by atoms with Gasteiger partial charge in [0.05, 0.1) is 0 Å². The van der Waals surface area contributed by atoms with E-state index in [0.29, 0.717) is 0 Å². The van der Waals surface area contributed by atoms with Crippen LogP contribution in [-0.2, 0) is 0 Å². The first-order valence-electron chi connectivity index (χ1n) is 13.5. The highest BCUT2D eigenvalue weighted by Gasteiger charge is 1.93. The Bertz CT molecular complexity index is 293. The third-order valence-corrected chi connectivity index (χ3v) is 5.88. The fourth-order valence-electron chi connectivity index (χ4n) is 3.86. The zero-order valence-corrected chi connectivity index (χ0v) is 20.4. The maximum Gasteiger partial charge on any atom is 0.0337 e. The van der Waals surface area contributed by atoms with Gasteiger partial charge in [-0.25, -0.2) is 0 Å². The standard InChI is InChI=1S/C29H54/c1-3-5-7-9-11-13-15-17-19-21-23-25-27-29-28-26-24-22-20-18-16-14-12-10-8-6-4-2/h25-28H,3-24H2,1-2H3/b27-25-,28-26-. The van der Waals surface area contributed by atoms with Gasteiger partial charge in [-0.2, -0.15) is 0 Å². The Morgan fingerprint density at radius 2 is 0.655 bits per heavy atom. The van der Waals surface area contributed by atoms with Gasteiger partial charge < -0.3 is 0 Å². The van der Waals surface area contributed by atoms with Crippen LogP contribution in [0.15, 0.2) is 24.3 Å². The Morgan fingerprint density at radius 3 is 0.966 bits per heavy atom. The van der Waals surface area contributed by atoms with Crippen LogP contribution in [0, 0.1) is 6.42 Å². The van der Waals surface area contributed by atoms with Gasteiger partial charge in [0.2, 0.25) is 0 Å². The van der Waals surface area contributed by atoms with E-state index in [0.717, 1.165) is 0 Å². The zero-order chi connectivity index (χ0) is 21.1. The third-order valence-electron chi connectivity index (χ3n) is 5.88. The molecule has 0 amide bonds. The summed E-state index contributed by atoms with van der Waals surface area (Å²) in [6.45, 7) is 4.58. The minimum atomic E-state index is 1.22. The molecule has 0 heterocycles. The van der Waals surface area contributed by atoms with E-state index in [4.69, 9.17) is 0 Å². The van der Waals surface area contributed by atoms with Crippen LogP contribution >= 0.6 is 0 Å². The van der Waals surface area contributed by atoms with E-state index in [1.165, 1.54) is 141 Å². The highest BCUT2D eigenvalue weighted by atomic mass is 14.0. The van der Waals surface area contributed by atoms with Gasteiger partial charge in [0.25, 0.3) is 0 Å². The van der Waals surface area contributed by atoms with Crippen molar-refractivity contribution in [3.63, 3.8) is 0 Å². The monoisotopic (exact) mass is 402 g/mol. The average Bonchev–Trinajstić information content (AvgIpc) is 2.74. The topological polar surface area (TPSA) is 0 Å². The molecule has 0 heteroatoms. The molecule has 29 heavy (non-hydrogen) atoms. The fourth-order valence-corrected chi connectivity index (χ4v) is 3.86. The highest BCUT2D eigenvalue weighted by Crippen LogP contribution is 2.12. The fraction of sp³-hybridized carbons (Fsp3) is 0.828. The molecule has 0 spiro atoms. The Labute approximate surface area is 186 Å². The van der Waals surface area contributed by atoms with Gasteiger partial charge in [-0.1, -0.05) is 154 Å². The number of allylic oxidation sites excluding steroid dienone is 4. The maximum absolute atomic E-state index is 3.30. The second-order valence-corrected chi connectivity index (χ2v) is 8.91. The molecule has 170 valence electrons. The molecule has 0 rings (SSSR count). The van der Waals surface area contributed by atoms with Crippen LogP contribution in [0.25, 0.3) is 0 Å². The van der Waals surface area contributed by atoms with Crippen LogP contribution in [0.3, 0.4) is 0 Å². The summed E-state index contributed by atoms with van der Waals surface area (Å²) in [5.41, 5.74) is 0. The molecule has 0 unspecified atom stereocenters. The number of hydrogen-bond donors (Lipinski definition) is 0. The number of hydrogen-bond acceptors (Lipinski definition) is 0. The summed E-state index contributed by atoms with van der Waals surface area (Å²) in [5, 5.41) is 0. The van der Waals surface area contributed by atoms with Crippen LogP contribution in [-0.4, -0.2) is 0 Å². The van der Waals surface area contributed by atoms with Crippen LogP contribution < -0.4 is 0 Å². The lowest BCUT2D eigenvalue weighted by Gasteiger charge is -2.01. The Morgan fingerprint density at radius 1 is 0.379 bits per heavy atom. The smallest absolute Gasteiger partial charge is 0.0337 e. The summed E-state index contributed by atoms with van der Waals surface area (Å²) >= 11 is 0. The SMILES string of the molecule is CCCCCCCCCCCC/C=C\[C]/C=C\CCCCCCCCCCCC. The molecule has 0 saturated carbocycles. The van der Waals surface area contributed by atoms with Crippen molar-refractivity contribution >= 4 is 0 Å². The van der Waals surface area contributed by atoms with E-state index >= 15 is 0 Å². The van der Waals surface area contributed by atoms with Gasteiger partial charge in [0.15, 0.2) is 0 Å². The number of rotatable bonds is 24. The van der Waals surface area contributed by atoms with Crippen molar-refractivity contribution in [2.45, 2.75) is 155 Å². The first-order valence-corrected chi connectivity index (χ1v) is 13.5. The minimum Gasteiger partial charge on any atom is -0.0876 e. The summed E-state index contributed by atoms with van der Waals surface area (Å²) < 4.78 is 0. The molecule has 0 nitrogen and oxygen atoms in total. The number of unbranched alkanes of at least 4 members (excludes halogenated alkanes) is 20. The lowest BCUT2D eigenvalue weighted by Crippen LogP contribution is -1.81. The molecule has 0 bridgehead atoms. The van der Waals surface area contributed by atoms with Crippen LogP contribution in [0.5, 0.6) is 0 Å². The minimum absolute atomic E-state index is 1.22. The predicted octanol–water partition coefficient (Wildman–Crippen LogP) is 10.8. The van der Waals surface area contributed by atoms with Gasteiger partial charge in [-0.05, 0) is 25.7 Å². The van der Waals surface area contributed by atoms with Crippen molar-refractivity contribution in [2.75, 3.05) is 0 Å². The Balaban J connectivity index is 3.14. The predicted molar refractivity (Wildman–Crippen MR) is 134 cm³/mol. The molecule has 0 aromatic heterocycles. The maximum atomic E-state index is 3.30. The summed E-state index contributed by atoms with van der Waals surface area (Å²) in [5.74, 6) is 0. The molecule has 0 N–H and O–H groups in total. The molecule has 0 aromatic rings. The Hall–Kier alpha value is -0.520. The molecular weight excluding hydrogens is 348 g/mol. The molecule has 0 aliphatic carbocycles. The van der Waals surface area contributed by atoms with E-state index in [1.54, 1.807) is 0 Å². The summed E-state index contributed by atoms with van der Waals surface area (Å²) in [6.07, 6.45) is 42.9. The van der Waals surface area contributed by atoms with Gasteiger partial charge in [-0.15, -0.1) is 0 Å². The van der Waals surface area contributed by atoms with E-state index in [1.807, 2.05) is 0 Å². The lowest BCUT2D eigenvalue weighted by atomic mass is 10.1. The van der Waals surface area contributed by atoms with E-state index < -0.39 is 0 Å². The highest BCUT2D eigenvalue weighted by molar-refractivity contribution is 5.08.